The highest BCUT2D eigenvalue weighted by atomic mass is 16.5. The number of methoxy groups -OCH3 is 1. The number of carbonyl (C=O) groups is 1. The smallest absolute Gasteiger partial charge is 0.241 e. The van der Waals surface area contributed by atoms with Crippen LogP contribution in [-0.2, 0) is 9.53 Å². The Labute approximate surface area is 90.2 Å². The lowest BCUT2D eigenvalue weighted by atomic mass is 10.1. The van der Waals surface area contributed by atoms with Gasteiger partial charge in [0.15, 0.2) is 0 Å². The molecule has 0 aliphatic carbocycles. The van der Waals surface area contributed by atoms with Gasteiger partial charge in [0.25, 0.3) is 0 Å². The predicted molar refractivity (Wildman–Crippen MR) is 56.2 cm³/mol. The van der Waals surface area contributed by atoms with Gasteiger partial charge in [-0.05, 0) is 18.8 Å². The number of carbonyl (C=O) groups excluding carboxylic acids is 1. The number of aliphatic hydroxyl groups is 1. The quantitative estimate of drug-likeness (QED) is 0.630. The van der Waals surface area contributed by atoms with Crippen LogP contribution in [0.4, 0.5) is 0 Å². The molecule has 1 aliphatic rings. The zero-order chi connectivity index (χ0) is 11.3. The van der Waals surface area contributed by atoms with Crippen LogP contribution < -0.4 is 5.73 Å². The minimum absolute atomic E-state index is 0.0442. The van der Waals surface area contributed by atoms with E-state index in [1.54, 1.807) is 4.90 Å². The van der Waals surface area contributed by atoms with Crippen LogP contribution in [0.25, 0.3) is 0 Å². The molecule has 1 aliphatic heterocycles. The monoisotopic (exact) mass is 216 g/mol. The zero-order valence-corrected chi connectivity index (χ0v) is 9.19. The third-order valence-corrected chi connectivity index (χ3v) is 2.80. The maximum absolute atomic E-state index is 11.7. The molecule has 2 unspecified atom stereocenters. The van der Waals surface area contributed by atoms with Crippen LogP contribution in [0.2, 0.25) is 0 Å². The number of nitrogens with zero attached hydrogens (tertiary/aromatic N) is 1. The first kappa shape index (κ1) is 12.4. The molecule has 1 heterocycles. The van der Waals surface area contributed by atoms with Crippen LogP contribution in [0, 0.1) is 5.92 Å². The number of hydrogen-bond acceptors (Lipinski definition) is 4. The molecule has 0 radical (unpaired) electrons. The van der Waals surface area contributed by atoms with E-state index in [4.69, 9.17) is 15.6 Å². The van der Waals surface area contributed by atoms with Crippen LogP contribution in [0.15, 0.2) is 0 Å². The molecular formula is C10H20N2O3. The normalized spacial score (nSPS) is 23.1. The Kier molecular flexibility index (Phi) is 5.01. The Morgan fingerprint density at radius 1 is 1.73 bits per heavy atom. The number of amides is 1. The van der Waals surface area contributed by atoms with E-state index in [0.717, 1.165) is 25.9 Å². The summed E-state index contributed by atoms with van der Waals surface area (Å²) in [5.74, 6) is 0.381. The second kappa shape index (κ2) is 6.05. The molecule has 0 bridgehead atoms. The highest BCUT2D eigenvalue weighted by Gasteiger charge is 2.28. The molecule has 0 spiro atoms. The Hall–Kier alpha value is -0.650. The number of nitrogens with two attached hydrogens (primary N) is 1. The molecule has 1 amide bonds. The van der Waals surface area contributed by atoms with Gasteiger partial charge in [-0.1, -0.05) is 0 Å². The zero-order valence-electron chi connectivity index (χ0n) is 9.19. The van der Waals surface area contributed by atoms with Crippen molar-refractivity contribution in [3.8, 4) is 0 Å². The molecular weight excluding hydrogens is 196 g/mol. The minimum Gasteiger partial charge on any atom is -0.396 e. The molecule has 0 aromatic carbocycles. The molecule has 5 nitrogen and oxygen atoms in total. The van der Waals surface area contributed by atoms with Gasteiger partial charge in [0, 0.05) is 26.8 Å². The van der Waals surface area contributed by atoms with Gasteiger partial charge in [-0.25, -0.2) is 0 Å². The third kappa shape index (κ3) is 3.44. The number of rotatable bonds is 5. The standard InChI is InChI=1S/C10H20N2O3/c1-15-7-9(11)10(14)12-4-2-8(6-12)3-5-13/h8-9,13H,2-7,11H2,1H3. The highest BCUT2D eigenvalue weighted by Crippen LogP contribution is 2.19. The molecule has 15 heavy (non-hydrogen) atoms. The fourth-order valence-electron chi connectivity index (χ4n) is 1.94. The van der Waals surface area contributed by atoms with E-state index in [-0.39, 0.29) is 19.1 Å². The van der Waals surface area contributed by atoms with Crippen molar-refractivity contribution >= 4 is 5.91 Å². The van der Waals surface area contributed by atoms with Gasteiger partial charge >= 0.3 is 0 Å². The van der Waals surface area contributed by atoms with E-state index >= 15 is 0 Å². The third-order valence-electron chi connectivity index (χ3n) is 2.80. The lowest BCUT2D eigenvalue weighted by molar-refractivity contribution is -0.132. The summed E-state index contributed by atoms with van der Waals surface area (Å²) in [6.07, 6.45) is 1.73. The summed E-state index contributed by atoms with van der Waals surface area (Å²) in [6.45, 7) is 1.93. The van der Waals surface area contributed by atoms with Crippen molar-refractivity contribution in [2.75, 3.05) is 33.4 Å². The van der Waals surface area contributed by atoms with Crippen molar-refractivity contribution in [3.63, 3.8) is 0 Å². The first-order valence-corrected chi connectivity index (χ1v) is 5.33. The Morgan fingerprint density at radius 3 is 3.07 bits per heavy atom. The van der Waals surface area contributed by atoms with Gasteiger partial charge in [0.05, 0.1) is 6.61 Å². The lowest BCUT2D eigenvalue weighted by Crippen LogP contribution is -2.45. The average Bonchev–Trinajstić information content (AvgIpc) is 2.66. The summed E-state index contributed by atoms with van der Waals surface area (Å²) in [5.41, 5.74) is 5.66. The lowest BCUT2D eigenvalue weighted by Gasteiger charge is -2.20. The number of ether oxygens (including phenoxy) is 1. The number of hydrogen-bond donors (Lipinski definition) is 2. The first-order valence-electron chi connectivity index (χ1n) is 5.33. The summed E-state index contributed by atoms with van der Waals surface area (Å²) >= 11 is 0. The van der Waals surface area contributed by atoms with Gasteiger partial charge in [-0.2, -0.15) is 0 Å². The fourth-order valence-corrected chi connectivity index (χ4v) is 1.94. The number of likely N-dealkylation sites (tertiary alicyclic amines) is 1. The Bertz CT molecular complexity index is 211. The van der Waals surface area contributed by atoms with Crippen molar-refractivity contribution in [2.45, 2.75) is 18.9 Å². The maximum atomic E-state index is 11.7. The second-order valence-electron chi connectivity index (χ2n) is 4.01. The topological polar surface area (TPSA) is 75.8 Å². The largest absolute Gasteiger partial charge is 0.396 e. The summed E-state index contributed by atoms with van der Waals surface area (Å²) in [6, 6.07) is -0.553. The summed E-state index contributed by atoms with van der Waals surface area (Å²) in [5, 5.41) is 8.80. The molecule has 1 rings (SSSR count). The van der Waals surface area contributed by atoms with E-state index in [2.05, 4.69) is 0 Å². The Balaban J connectivity index is 2.35. The SMILES string of the molecule is COCC(N)C(=O)N1CCC(CCO)C1. The second-order valence-corrected chi connectivity index (χ2v) is 4.01. The fraction of sp³-hybridized carbons (Fsp3) is 0.900. The van der Waals surface area contributed by atoms with Crippen LogP contribution in [0.5, 0.6) is 0 Å². The first-order chi connectivity index (χ1) is 7.19. The molecule has 0 aromatic rings. The molecule has 1 fully saturated rings. The summed E-state index contributed by atoms with van der Waals surface area (Å²) < 4.78 is 4.85. The molecule has 5 heteroatoms. The van der Waals surface area contributed by atoms with Crippen molar-refractivity contribution in [1.29, 1.82) is 0 Å². The maximum Gasteiger partial charge on any atom is 0.241 e. The van der Waals surface area contributed by atoms with Gasteiger partial charge in [0.2, 0.25) is 5.91 Å². The Morgan fingerprint density at radius 2 is 2.47 bits per heavy atom. The van der Waals surface area contributed by atoms with Crippen LogP contribution in [0.3, 0.4) is 0 Å². The van der Waals surface area contributed by atoms with Gasteiger partial charge in [-0.15, -0.1) is 0 Å². The molecule has 0 aromatic heterocycles. The van der Waals surface area contributed by atoms with Crippen molar-refractivity contribution in [3.05, 3.63) is 0 Å². The molecule has 1 saturated heterocycles. The van der Waals surface area contributed by atoms with E-state index in [1.807, 2.05) is 0 Å². The van der Waals surface area contributed by atoms with Crippen molar-refractivity contribution in [2.24, 2.45) is 11.7 Å². The average molecular weight is 216 g/mol. The van der Waals surface area contributed by atoms with E-state index in [9.17, 15) is 4.79 Å². The molecule has 2 atom stereocenters. The van der Waals surface area contributed by atoms with Gasteiger partial charge in [-0.3, -0.25) is 4.79 Å². The summed E-state index contributed by atoms with van der Waals surface area (Å²) in [4.78, 5) is 13.5. The van der Waals surface area contributed by atoms with Crippen LogP contribution in [0.1, 0.15) is 12.8 Å². The predicted octanol–water partition coefficient (Wildman–Crippen LogP) is -0.809. The van der Waals surface area contributed by atoms with Gasteiger partial charge in [0.1, 0.15) is 6.04 Å². The van der Waals surface area contributed by atoms with Gasteiger partial charge < -0.3 is 20.5 Å². The van der Waals surface area contributed by atoms with E-state index in [0.29, 0.717) is 5.92 Å². The van der Waals surface area contributed by atoms with E-state index in [1.165, 1.54) is 7.11 Å². The van der Waals surface area contributed by atoms with Crippen LogP contribution >= 0.6 is 0 Å². The van der Waals surface area contributed by atoms with E-state index < -0.39 is 6.04 Å². The molecule has 3 N–H and O–H groups in total. The number of aliphatic hydroxyl groups excluding tert-OH is 1. The molecule has 88 valence electrons. The molecule has 0 saturated carbocycles. The van der Waals surface area contributed by atoms with Crippen molar-refractivity contribution in [1.82, 2.24) is 4.90 Å². The van der Waals surface area contributed by atoms with Crippen LogP contribution in [-0.4, -0.2) is 55.4 Å². The highest BCUT2D eigenvalue weighted by molar-refractivity contribution is 5.82. The minimum atomic E-state index is -0.553. The summed E-state index contributed by atoms with van der Waals surface area (Å²) in [7, 11) is 1.53. The van der Waals surface area contributed by atoms with Crippen molar-refractivity contribution < 1.29 is 14.6 Å².